The summed E-state index contributed by atoms with van der Waals surface area (Å²) in [6.07, 6.45) is 2.63. The molecule has 1 heterocycles. The molecular weight excluding hydrogens is 224 g/mol. The van der Waals surface area contributed by atoms with Crippen LogP contribution in [0.2, 0.25) is 0 Å². The highest BCUT2D eigenvalue weighted by molar-refractivity contribution is 5.28. The summed E-state index contributed by atoms with van der Waals surface area (Å²) in [6.45, 7) is 3.17. The average molecular weight is 242 g/mol. The van der Waals surface area contributed by atoms with Gasteiger partial charge >= 0.3 is 0 Å². The van der Waals surface area contributed by atoms with Crippen molar-refractivity contribution in [3.63, 3.8) is 0 Å². The van der Waals surface area contributed by atoms with Crippen molar-refractivity contribution in [2.45, 2.75) is 20.0 Å². The lowest BCUT2D eigenvalue weighted by Gasteiger charge is -2.10. The Balaban J connectivity index is 2.03. The van der Waals surface area contributed by atoms with Crippen LogP contribution < -0.4 is 10.5 Å². The Bertz CT molecular complexity index is 494. The van der Waals surface area contributed by atoms with Gasteiger partial charge in [-0.05, 0) is 43.1 Å². The molecule has 0 aliphatic rings. The Morgan fingerprint density at radius 1 is 1.11 bits per heavy atom. The number of aromatic nitrogens is 1. The maximum absolute atomic E-state index is 5.73. The largest absolute Gasteiger partial charge is 0.487 e. The van der Waals surface area contributed by atoms with E-state index in [1.54, 1.807) is 6.20 Å². The highest BCUT2D eigenvalue weighted by atomic mass is 16.5. The van der Waals surface area contributed by atoms with Crippen LogP contribution in [-0.2, 0) is 13.0 Å². The van der Waals surface area contributed by atoms with Crippen molar-refractivity contribution in [2.24, 2.45) is 5.73 Å². The van der Waals surface area contributed by atoms with E-state index in [0.29, 0.717) is 13.2 Å². The van der Waals surface area contributed by atoms with E-state index in [9.17, 15) is 0 Å². The first kappa shape index (κ1) is 12.6. The predicted octanol–water partition coefficient (Wildman–Crippen LogP) is 2.47. The number of benzene rings is 1. The van der Waals surface area contributed by atoms with Crippen molar-refractivity contribution in [1.82, 2.24) is 4.98 Å². The second kappa shape index (κ2) is 6.17. The van der Waals surface area contributed by atoms with Crippen LogP contribution in [0, 0.1) is 6.92 Å². The van der Waals surface area contributed by atoms with Gasteiger partial charge in [0, 0.05) is 5.69 Å². The second-order valence-electron chi connectivity index (χ2n) is 4.23. The summed E-state index contributed by atoms with van der Waals surface area (Å²) in [5.41, 5.74) is 9.03. The molecule has 0 aliphatic heterocycles. The number of nitrogens with zero attached hydrogens (tertiary/aromatic N) is 1. The minimum atomic E-state index is 0.556. The van der Waals surface area contributed by atoms with Gasteiger partial charge in [0.05, 0.1) is 6.20 Å². The zero-order valence-corrected chi connectivity index (χ0v) is 10.6. The standard InChI is InChI=1S/C15H18N2O/c1-12-6-7-15(10-17-12)18-11-14-5-3-2-4-13(14)8-9-16/h2-7,10H,8-9,11,16H2,1H3. The summed E-state index contributed by atoms with van der Waals surface area (Å²) in [7, 11) is 0. The summed E-state index contributed by atoms with van der Waals surface area (Å²) in [6, 6.07) is 12.1. The fourth-order valence-corrected chi connectivity index (χ4v) is 1.80. The number of nitrogens with two attached hydrogens (primary N) is 1. The third kappa shape index (κ3) is 3.31. The molecule has 2 rings (SSSR count). The molecule has 0 radical (unpaired) electrons. The Labute approximate surface area is 108 Å². The number of rotatable bonds is 5. The highest BCUT2D eigenvalue weighted by Gasteiger charge is 2.02. The van der Waals surface area contributed by atoms with Crippen molar-refractivity contribution >= 4 is 0 Å². The van der Waals surface area contributed by atoms with Gasteiger partial charge in [-0.25, -0.2) is 0 Å². The molecule has 2 aromatic rings. The molecule has 0 atom stereocenters. The molecule has 0 amide bonds. The van der Waals surface area contributed by atoms with Crippen molar-refractivity contribution in [2.75, 3.05) is 6.54 Å². The van der Waals surface area contributed by atoms with Gasteiger partial charge in [0.2, 0.25) is 0 Å². The molecule has 18 heavy (non-hydrogen) atoms. The average Bonchev–Trinajstić information content (AvgIpc) is 2.40. The van der Waals surface area contributed by atoms with E-state index < -0.39 is 0 Å². The summed E-state index contributed by atoms with van der Waals surface area (Å²) < 4.78 is 5.73. The number of hydrogen-bond donors (Lipinski definition) is 1. The van der Waals surface area contributed by atoms with E-state index in [4.69, 9.17) is 10.5 Å². The molecule has 0 spiro atoms. The van der Waals surface area contributed by atoms with E-state index in [-0.39, 0.29) is 0 Å². The van der Waals surface area contributed by atoms with E-state index in [1.165, 1.54) is 11.1 Å². The maximum Gasteiger partial charge on any atom is 0.138 e. The van der Waals surface area contributed by atoms with Crippen LogP contribution in [0.5, 0.6) is 5.75 Å². The molecule has 0 saturated carbocycles. The number of aryl methyl sites for hydroxylation is 1. The monoisotopic (exact) mass is 242 g/mol. The fourth-order valence-electron chi connectivity index (χ4n) is 1.80. The van der Waals surface area contributed by atoms with E-state index in [1.807, 2.05) is 31.2 Å². The summed E-state index contributed by atoms with van der Waals surface area (Å²) in [4.78, 5) is 4.21. The van der Waals surface area contributed by atoms with Gasteiger partial charge in [-0.1, -0.05) is 24.3 Å². The molecule has 1 aromatic heterocycles. The van der Waals surface area contributed by atoms with Crippen molar-refractivity contribution < 1.29 is 4.74 Å². The zero-order valence-electron chi connectivity index (χ0n) is 10.6. The van der Waals surface area contributed by atoms with Crippen LogP contribution in [0.3, 0.4) is 0 Å². The maximum atomic E-state index is 5.73. The van der Waals surface area contributed by atoms with Gasteiger partial charge in [-0.15, -0.1) is 0 Å². The molecule has 94 valence electrons. The second-order valence-corrected chi connectivity index (χ2v) is 4.23. The molecule has 0 unspecified atom stereocenters. The summed E-state index contributed by atoms with van der Waals surface area (Å²) in [5, 5.41) is 0. The van der Waals surface area contributed by atoms with Gasteiger partial charge < -0.3 is 10.5 Å². The SMILES string of the molecule is Cc1ccc(OCc2ccccc2CCN)cn1. The van der Waals surface area contributed by atoms with E-state index >= 15 is 0 Å². The van der Waals surface area contributed by atoms with Crippen LogP contribution in [0.4, 0.5) is 0 Å². The Morgan fingerprint density at radius 2 is 1.89 bits per heavy atom. The first-order valence-corrected chi connectivity index (χ1v) is 6.12. The van der Waals surface area contributed by atoms with Crippen LogP contribution in [-0.4, -0.2) is 11.5 Å². The fraction of sp³-hybridized carbons (Fsp3) is 0.267. The Hall–Kier alpha value is -1.87. The zero-order chi connectivity index (χ0) is 12.8. The van der Waals surface area contributed by atoms with Crippen molar-refractivity contribution in [3.8, 4) is 5.75 Å². The summed E-state index contributed by atoms with van der Waals surface area (Å²) in [5.74, 6) is 0.795. The third-order valence-corrected chi connectivity index (χ3v) is 2.81. The number of ether oxygens (including phenoxy) is 1. The van der Waals surface area contributed by atoms with Gasteiger partial charge in [0.25, 0.3) is 0 Å². The predicted molar refractivity (Wildman–Crippen MR) is 72.5 cm³/mol. The van der Waals surface area contributed by atoms with E-state index in [0.717, 1.165) is 17.9 Å². The highest BCUT2D eigenvalue weighted by Crippen LogP contribution is 2.14. The Morgan fingerprint density at radius 3 is 2.56 bits per heavy atom. The first-order chi connectivity index (χ1) is 8.79. The number of pyridine rings is 1. The van der Waals surface area contributed by atoms with Crippen molar-refractivity contribution in [3.05, 3.63) is 59.4 Å². The van der Waals surface area contributed by atoms with Gasteiger partial charge in [-0.3, -0.25) is 4.98 Å². The molecule has 2 N–H and O–H groups in total. The van der Waals surface area contributed by atoms with Crippen LogP contribution >= 0.6 is 0 Å². The van der Waals surface area contributed by atoms with Gasteiger partial charge in [0.1, 0.15) is 12.4 Å². The third-order valence-electron chi connectivity index (χ3n) is 2.81. The molecule has 3 heteroatoms. The van der Waals surface area contributed by atoms with Crippen molar-refractivity contribution in [1.29, 1.82) is 0 Å². The smallest absolute Gasteiger partial charge is 0.138 e. The molecular formula is C15H18N2O. The molecule has 0 bridgehead atoms. The first-order valence-electron chi connectivity index (χ1n) is 6.12. The number of hydrogen-bond acceptors (Lipinski definition) is 3. The lowest BCUT2D eigenvalue weighted by Crippen LogP contribution is -2.07. The van der Waals surface area contributed by atoms with E-state index in [2.05, 4.69) is 17.1 Å². The molecule has 1 aromatic carbocycles. The molecule has 3 nitrogen and oxygen atoms in total. The molecule has 0 aliphatic carbocycles. The normalized spacial score (nSPS) is 10.3. The quantitative estimate of drug-likeness (QED) is 0.876. The minimum absolute atomic E-state index is 0.556. The van der Waals surface area contributed by atoms with Crippen LogP contribution in [0.25, 0.3) is 0 Å². The molecule has 0 fully saturated rings. The van der Waals surface area contributed by atoms with Crippen LogP contribution in [0.1, 0.15) is 16.8 Å². The lowest BCUT2D eigenvalue weighted by molar-refractivity contribution is 0.303. The Kier molecular flexibility index (Phi) is 4.31. The van der Waals surface area contributed by atoms with Gasteiger partial charge in [0.15, 0.2) is 0 Å². The lowest BCUT2D eigenvalue weighted by atomic mass is 10.1. The minimum Gasteiger partial charge on any atom is -0.487 e. The van der Waals surface area contributed by atoms with Gasteiger partial charge in [-0.2, -0.15) is 0 Å². The summed E-state index contributed by atoms with van der Waals surface area (Å²) >= 11 is 0. The van der Waals surface area contributed by atoms with Crippen LogP contribution in [0.15, 0.2) is 42.6 Å². The topological polar surface area (TPSA) is 48.1 Å². The molecule has 0 saturated heterocycles.